The van der Waals surface area contributed by atoms with E-state index in [2.05, 4.69) is 14.9 Å². The lowest BCUT2D eigenvalue weighted by molar-refractivity contribution is -0.139. The Hall–Kier alpha value is -2.16. The topological polar surface area (TPSA) is 64.1 Å². The largest absolute Gasteiger partial charge is 0.491 e. The third-order valence-corrected chi connectivity index (χ3v) is 3.74. The van der Waals surface area contributed by atoms with Crippen LogP contribution in [-0.4, -0.2) is 28.1 Å². The number of nitrogens with one attached hydrogen (secondary N) is 1. The molecule has 0 spiro atoms. The van der Waals surface area contributed by atoms with Gasteiger partial charge < -0.3 is 10.1 Å². The maximum Gasteiger partial charge on any atom is 0.419 e. The van der Waals surface area contributed by atoms with Crippen LogP contribution in [0.5, 0.6) is 5.75 Å². The van der Waals surface area contributed by atoms with Gasteiger partial charge in [0.05, 0.1) is 17.3 Å². The molecule has 2 aromatic rings. The number of alkyl halides is 3. The summed E-state index contributed by atoms with van der Waals surface area (Å²) < 4.78 is 47.4. The summed E-state index contributed by atoms with van der Waals surface area (Å²) >= 11 is 0.957. The molecule has 0 aliphatic heterocycles. The van der Waals surface area contributed by atoms with Gasteiger partial charge in [-0.25, -0.2) is 0 Å². The molecular formula is C14H14F3N3O2S. The highest BCUT2D eigenvalue weighted by Crippen LogP contribution is 2.35. The number of amides is 1. The average Bonchev–Trinajstić information content (AvgIpc) is 2.90. The van der Waals surface area contributed by atoms with Crippen molar-refractivity contribution in [1.29, 1.82) is 0 Å². The van der Waals surface area contributed by atoms with Gasteiger partial charge in [0, 0.05) is 0 Å². The third-order valence-electron chi connectivity index (χ3n) is 2.92. The second kappa shape index (κ2) is 6.95. The van der Waals surface area contributed by atoms with Crippen LogP contribution in [0.4, 0.5) is 13.2 Å². The molecule has 0 fully saturated rings. The second-order valence-corrected chi connectivity index (χ2v) is 5.62. The standard InChI is InChI=1S/C14H14F3N3O2S/c1-8(18-13(21)12-9(2)19-20-23-12)7-22-11-6-4-3-5-10(11)14(15,16)17/h3-6,8H,7H2,1-2H3,(H,18,21)/t8-/m1/s1. The Morgan fingerprint density at radius 3 is 2.70 bits per heavy atom. The van der Waals surface area contributed by atoms with Crippen LogP contribution in [0.3, 0.4) is 0 Å². The highest BCUT2D eigenvalue weighted by atomic mass is 32.1. The molecule has 0 radical (unpaired) electrons. The van der Waals surface area contributed by atoms with Crippen molar-refractivity contribution in [2.45, 2.75) is 26.1 Å². The van der Waals surface area contributed by atoms with Crippen molar-refractivity contribution in [1.82, 2.24) is 14.9 Å². The molecule has 0 saturated heterocycles. The minimum atomic E-state index is -4.49. The fourth-order valence-corrected chi connectivity index (χ4v) is 2.37. The maximum atomic E-state index is 12.9. The van der Waals surface area contributed by atoms with Gasteiger partial charge in [-0.3, -0.25) is 4.79 Å². The molecule has 2 rings (SSSR count). The molecule has 23 heavy (non-hydrogen) atoms. The number of nitrogens with zero attached hydrogens (tertiary/aromatic N) is 2. The van der Waals surface area contributed by atoms with E-state index in [0.717, 1.165) is 17.6 Å². The van der Waals surface area contributed by atoms with E-state index >= 15 is 0 Å². The number of ether oxygens (including phenoxy) is 1. The van der Waals surface area contributed by atoms with Crippen LogP contribution in [-0.2, 0) is 6.18 Å². The second-order valence-electron chi connectivity index (χ2n) is 4.87. The van der Waals surface area contributed by atoms with Crippen molar-refractivity contribution < 1.29 is 22.7 Å². The minimum absolute atomic E-state index is 0.0931. The number of hydrogen-bond acceptors (Lipinski definition) is 5. The van der Waals surface area contributed by atoms with Crippen molar-refractivity contribution in [3.05, 3.63) is 40.4 Å². The van der Waals surface area contributed by atoms with Gasteiger partial charge in [-0.1, -0.05) is 16.6 Å². The molecule has 0 unspecified atom stereocenters. The number of carbonyl (C=O) groups excluding carboxylic acids is 1. The zero-order valence-electron chi connectivity index (χ0n) is 12.3. The van der Waals surface area contributed by atoms with Crippen molar-refractivity contribution >= 4 is 17.4 Å². The first-order valence-corrected chi connectivity index (χ1v) is 7.45. The van der Waals surface area contributed by atoms with Crippen LogP contribution in [0.2, 0.25) is 0 Å². The van der Waals surface area contributed by atoms with Gasteiger partial charge in [0.15, 0.2) is 0 Å². The van der Waals surface area contributed by atoms with Gasteiger partial charge in [0.1, 0.15) is 17.2 Å². The molecule has 1 heterocycles. The summed E-state index contributed by atoms with van der Waals surface area (Å²) in [5.41, 5.74) is -0.343. The fraction of sp³-hybridized carbons (Fsp3) is 0.357. The quantitative estimate of drug-likeness (QED) is 0.905. The van der Waals surface area contributed by atoms with Gasteiger partial charge in [0.2, 0.25) is 0 Å². The van der Waals surface area contributed by atoms with E-state index < -0.39 is 17.8 Å². The summed E-state index contributed by atoms with van der Waals surface area (Å²) in [4.78, 5) is 12.3. The van der Waals surface area contributed by atoms with Gasteiger partial charge in [0.25, 0.3) is 5.91 Å². The first-order valence-electron chi connectivity index (χ1n) is 6.68. The number of para-hydroxylation sites is 1. The Bertz CT molecular complexity index is 688. The zero-order valence-corrected chi connectivity index (χ0v) is 13.2. The maximum absolute atomic E-state index is 12.9. The number of carbonyl (C=O) groups is 1. The van der Waals surface area contributed by atoms with Crippen LogP contribution >= 0.6 is 11.5 Å². The number of aromatic nitrogens is 2. The Morgan fingerprint density at radius 1 is 1.39 bits per heavy atom. The minimum Gasteiger partial charge on any atom is -0.491 e. The van der Waals surface area contributed by atoms with Crippen molar-refractivity contribution in [2.75, 3.05) is 6.61 Å². The SMILES string of the molecule is Cc1nnsc1C(=O)N[C@H](C)COc1ccccc1C(F)(F)F. The lowest BCUT2D eigenvalue weighted by Crippen LogP contribution is -2.36. The van der Waals surface area contributed by atoms with Gasteiger partial charge >= 0.3 is 6.18 Å². The van der Waals surface area contributed by atoms with Gasteiger partial charge in [-0.2, -0.15) is 13.2 Å². The predicted molar refractivity (Wildman–Crippen MR) is 78.5 cm³/mol. The molecule has 0 bridgehead atoms. The van der Waals surface area contributed by atoms with Crippen molar-refractivity contribution in [2.24, 2.45) is 0 Å². The molecule has 0 aliphatic carbocycles. The molecule has 1 aromatic carbocycles. The number of aryl methyl sites for hydroxylation is 1. The summed E-state index contributed by atoms with van der Waals surface area (Å²) in [5, 5.41) is 6.37. The van der Waals surface area contributed by atoms with Gasteiger partial charge in [-0.15, -0.1) is 5.10 Å². The lowest BCUT2D eigenvalue weighted by Gasteiger charge is -2.17. The number of hydrogen-bond donors (Lipinski definition) is 1. The van der Waals surface area contributed by atoms with Gasteiger partial charge in [-0.05, 0) is 37.5 Å². The van der Waals surface area contributed by atoms with Crippen LogP contribution in [0.25, 0.3) is 0 Å². The molecule has 0 aliphatic rings. The zero-order chi connectivity index (χ0) is 17.0. The molecule has 9 heteroatoms. The molecular weight excluding hydrogens is 331 g/mol. The van der Waals surface area contributed by atoms with Crippen molar-refractivity contribution in [3.8, 4) is 5.75 Å². The first kappa shape index (κ1) is 17.2. The summed E-state index contributed by atoms with van der Waals surface area (Å²) in [7, 11) is 0. The number of halogens is 3. The Labute approximate surface area is 134 Å². The Kier molecular flexibility index (Phi) is 5.19. The molecule has 5 nitrogen and oxygen atoms in total. The summed E-state index contributed by atoms with van der Waals surface area (Å²) in [6.07, 6.45) is -4.49. The molecule has 0 saturated carbocycles. The van der Waals surface area contributed by atoms with Crippen LogP contribution < -0.4 is 10.1 Å². The lowest BCUT2D eigenvalue weighted by atomic mass is 10.2. The van der Waals surface area contributed by atoms with E-state index in [4.69, 9.17) is 4.74 Å². The molecule has 1 aromatic heterocycles. The number of rotatable bonds is 5. The highest BCUT2D eigenvalue weighted by Gasteiger charge is 2.34. The average molecular weight is 345 g/mol. The smallest absolute Gasteiger partial charge is 0.419 e. The molecule has 1 atom stereocenters. The van der Waals surface area contributed by atoms with Crippen molar-refractivity contribution in [3.63, 3.8) is 0 Å². The predicted octanol–water partition coefficient (Wildman–Crippen LogP) is 3.06. The third kappa shape index (κ3) is 4.41. The molecule has 1 N–H and O–H groups in total. The van der Waals surface area contributed by atoms with E-state index in [1.807, 2.05) is 0 Å². The molecule has 124 valence electrons. The number of benzene rings is 1. The van der Waals surface area contributed by atoms with Crippen LogP contribution in [0.15, 0.2) is 24.3 Å². The molecule has 1 amide bonds. The monoisotopic (exact) mass is 345 g/mol. The van der Waals surface area contributed by atoms with Crippen LogP contribution in [0, 0.1) is 6.92 Å². The summed E-state index contributed by atoms with van der Waals surface area (Å²) in [6.45, 7) is 3.20. The summed E-state index contributed by atoms with van der Waals surface area (Å²) in [6, 6.07) is 4.46. The van der Waals surface area contributed by atoms with E-state index in [9.17, 15) is 18.0 Å². The normalized spacial score (nSPS) is 12.7. The summed E-state index contributed by atoms with van der Waals surface area (Å²) in [5.74, 6) is -0.644. The van der Waals surface area contributed by atoms with Crippen LogP contribution in [0.1, 0.15) is 27.9 Å². The fourth-order valence-electron chi connectivity index (χ4n) is 1.81. The van der Waals surface area contributed by atoms with E-state index in [1.54, 1.807) is 13.8 Å². The van der Waals surface area contributed by atoms with E-state index in [-0.39, 0.29) is 18.3 Å². The van der Waals surface area contributed by atoms with E-state index in [1.165, 1.54) is 18.2 Å². The first-order chi connectivity index (χ1) is 10.8. The Morgan fingerprint density at radius 2 is 2.09 bits per heavy atom. The highest BCUT2D eigenvalue weighted by molar-refractivity contribution is 7.08. The Balaban J connectivity index is 1.96. The van der Waals surface area contributed by atoms with E-state index in [0.29, 0.717) is 10.6 Å².